The number of epoxide rings is 1. The molecule has 1 saturated heterocycles. The molecular weight excluding hydrogens is 200 g/mol. The molecule has 80 valence electrons. The molecule has 0 spiro atoms. The normalized spacial score (nSPS) is 41.2. The second kappa shape index (κ2) is 2.35. The first-order chi connectivity index (χ1) is 7.92. The molecule has 5 rings (SSSR count). The summed E-state index contributed by atoms with van der Waals surface area (Å²) in [5.74, 6) is 2.53. The van der Waals surface area contributed by atoms with E-state index in [1.165, 1.54) is 23.3 Å². The van der Waals surface area contributed by atoms with Gasteiger partial charge < -0.3 is 9.47 Å². The van der Waals surface area contributed by atoms with Gasteiger partial charge in [0.1, 0.15) is 11.9 Å². The van der Waals surface area contributed by atoms with Crippen molar-refractivity contribution in [3.8, 4) is 0 Å². The van der Waals surface area contributed by atoms with Gasteiger partial charge in [-0.05, 0) is 23.5 Å². The summed E-state index contributed by atoms with van der Waals surface area (Å²) in [5.41, 5.74) is 4.53. The fourth-order valence-corrected chi connectivity index (χ4v) is 3.78. The van der Waals surface area contributed by atoms with Gasteiger partial charge in [-0.15, -0.1) is 0 Å². The Labute approximate surface area is 93.9 Å². The average molecular weight is 212 g/mol. The van der Waals surface area contributed by atoms with E-state index in [2.05, 4.69) is 24.3 Å². The van der Waals surface area contributed by atoms with Crippen molar-refractivity contribution in [2.24, 2.45) is 0 Å². The second-order valence-corrected chi connectivity index (χ2v) is 5.24. The minimum atomic E-state index is 0.0801. The lowest BCUT2D eigenvalue weighted by atomic mass is 9.84. The molecule has 4 atom stereocenters. The maximum Gasteiger partial charge on any atom is 0.230 e. The second-order valence-electron chi connectivity index (χ2n) is 5.24. The van der Waals surface area contributed by atoms with E-state index < -0.39 is 0 Å². The third kappa shape index (κ3) is 0.767. The summed E-state index contributed by atoms with van der Waals surface area (Å²) in [6, 6.07) is 8.88. The molecule has 0 amide bonds. The van der Waals surface area contributed by atoms with Crippen LogP contribution in [0.4, 0.5) is 0 Å². The van der Waals surface area contributed by atoms with E-state index in [1.807, 2.05) is 0 Å². The molecule has 2 heteroatoms. The zero-order valence-corrected chi connectivity index (χ0v) is 8.85. The Morgan fingerprint density at radius 3 is 2.94 bits per heavy atom. The molecule has 1 aromatic carbocycles. The summed E-state index contributed by atoms with van der Waals surface area (Å²) < 4.78 is 11.3. The minimum Gasteiger partial charge on any atom is -0.466 e. The molecule has 0 radical (unpaired) electrons. The average Bonchev–Trinajstić information content (AvgIpc) is 2.90. The van der Waals surface area contributed by atoms with Gasteiger partial charge in [-0.25, -0.2) is 0 Å². The van der Waals surface area contributed by atoms with Gasteiger partial charge in [0, 0.05) is 17.9 Å². The first kappa shape index (κ1) is 7.91. The Hall–Kier alpha value is -1.28. The SMILES string of the molecule is c1ccc2c(c1)[C@H]1CC3=C([C@H]4O[C@H]4O3)[C@@H]2C1. The molecule has 4 aliphatic rings. The van der Waals surface area contributed by atoms with Crippen LogP contribution in [0.2, 0.25) is 0 Å². The van der Waals surface area contributed by atoms with E-state index in [0.717, 1.165) is 6.42 Å². The molecule has 0 saturated carbocycles. The highest BCUT2D eigenvalue weighted by molar-refractivity contribution is 5.50. The number of hydrogen-bond donors (Lipinski definition) is 0. The predicted octanol–water partition coefficient (Wildman–Crippen LogP) is 2.67. The van der Waals surface area contributed by atoms with Crippen LogP contribution in [0.15, 0.2) is 35.6 Å². The minimum absolute atomic E-state index is 0.0801. The molecule has 2 aliphatic carbocycles. The summed E-state index contributed by atoms with van der Waals surface area (Å²) in [7, 11) is 0. The van der Waals surface area contributed by atoms with Gasteiger partial charge in [0.05, 0.1) is 0 Å². The molecule has 1 fully saturated rings. The Morgan fingerprint density at radius 2 is 2.00 bits per heavy atom. The smallest absolute Gasteiger partial charge is 0.230 e. The van der Waals surface area contributed by atoms with Gasteiger partial charge in [-0.1, -0.05) is 24.3 Å². The van der Waals surface area contributed by atoms with E-state index in [9.17, 15) is 0 Å². The van der Waals surface area contributed by atoms with Gasteiger partial charge in [0.25, 0.3) is 0 Å². The molecule has 1 aromatic rings. The van der Waals surface area contributed by atoms with Crippen LogP contribution < -0.4 is 0 Å². The van der Waals surface area contributed by atoms with Crippen molar-refractivity contribution in [1.82, 2.24) is 0 Å². The van der Waals surface area contributed by atoms with E-state index in [0.29, 0.717) is 17.9 Å². The van der Waals surface area contributed by atoms with E-state index in [1.54, 1.807) is 5.56 Å². The van der Waals surface area contributed by atoms with Crippen molar-refractivity contribution >= 4 is 0 Å². The van der Waals surface area contributed by atoms with E-state index in [4.69, 9.17) is 9.47 Å². The molecular formula is C14H12O2. The number of rotatable bonds is 0. The number of fused-ring (bicyclic) bond motifs is 8. The first-order valence-electron chi connectivity index (χ1n) is 6.05. The van der Waals surface area contributed by atoms with E-state index in [-0.39, 0.29) is 6.29 Å². The summed E-state index contributed by atoms with van der Waals surface area (Å²) in [4.78, 5) is 0. The maximum absolute atomic E-state index is 5.81. The Kier molecular flexibility index (Phi) is 1.16. The Bertz CT molecular complexity index is 531. The molecule has 2 heterocycles. The summed E-state index contributed by atoms with van der Waals surface area (Å²) in [6.07, 6.45) is 2.75. The topological polar surface area (TPSA) is 21.8 Å². The van der Waals surface area contributed by atoms with Crippen molar-refractivity contribution in [2.75, 3.05) is 0 Å². The maximum atomic E-state index is 5.81. The molecule has 2 aliphatic heterocycles. The molecule has 0 unspecified atom stereocenters. The number of ether oxygens (including phenoxy) is 2. The zero-order chi connectivity index (χ0) is 10.3. The Balaban J connectivity index is 1.73. The monoisotopic (exact) mass is 212 g/mol. The van der Waals surface area contributed by atoms with Crippen molar-refractivity contribution in [2.45, 2.75) is 37.1 Å². The quantitative estimate of drug-likeness (QED) is 0.617. The van der Waals surface area contributed by atoms with Crippen LogP contribution in [0.3, 0.4) is 0 Å². The fraction of sp³-hybridized carbons (Fsp3) is 0.429. The van der Waals surface area contributed by atoms with Gasteiger partial charge in [-0.2, -0.15) is 0 Å². The van der Waals surface area contributed by atoms with Gasteiger partial charge in [-0.3, -0.25) is 0 Å². The van der Waals surface area contributed by atoms with Crippen LogP contribution in [0.25, 0.3) is 0 Å². The van der Waals surface area contributed by atoms with Crippen LogP contribution in [-0.4, -0.2) is 12.4 Å². The van der Waals surface area contributed by atoms with Crippen molar-refractivity contribution < 1.29 is 9.47 Å². The fourth-order valence-electron chi connectivity index (χ4n) is 3.78. The highest BCUT2D eigenvalue weighted by Crippen LogP contribution is 2.60. The van der Waals surface area contributed by atoms with Crippen LogP contribution in [-0.2, 0) is 9.47 Å². The van der Waals surface area contributed by atoms with E-state index >= 15 is 0 Å². The zero-order valence-electron chi connectivity index (χ0n) is 8.85. The van der Waals surface area contributed by atoms with Gasteiger partial charge in [0.2, 0.25) is 6.29 Å². The Morgan fingerprint density at radius 1 is 1.12 bits per heavy atom. The summed E-state index contributed by atoms with van der Waals surface area (Å²) in [6.45, 7) is 0. The lowest BCUT2D eigenvalue weighted by molar-refractivity contribution is 0.0907. The number of hydrogen-bond acceptors (Lipinski definition) is 2. The number of benzene rings is 1. The van der Waals surface area contributed by atoms with Crippen molar-refractivity contribution in [1.29, 1.82) is 0 Å². The highest BCUT2D eigenvalue weighted by atomic mass is 16.8. The van der Waals surface area contributed by atoms with Crippen LogP contribution in [0.1, 0.15) is 35.8 Å². The van der Waals surface area contributed by atoms with Crippen LogP contribution in [0.5, 0.6) is 0 Å². The lowest BCUT2D eigenvalue weighted by Gasteiger charge is -2.22. The predicted molar refractivity (Wildman–Crippen MR) is 57.9 cm³/mol. The van der Waals surface area contributed by atoms with Crippen LogP contribution >= 0.6 is 0 Å². The molecule has 16 heavy (non-hydrogen) atoms. The first-order valence-corrected chi connectivity index (χ1v) is 6.05. The lowest BCUT2D eigenvalue weighted by Crippen LogP contribution is -2.10. The third-order valence-electron chi connectivity index (χ3n) is 4.48. The van der Waals surface area contributed by atoms with Crippen molar-refractivity contribution in [3.05, 3.63) is 46.7 Å². The summed E-state index contributed by atoms with van der Waals surface area (Å²) >= 11 is 0. The van der Waals surface area contributed by atoms with Gasteiger partial charge in [0.15, 0.2) is 0 Å². The highest BCUT2D eigenvalue weighted by Gasteiger charge is 2.57. The third-order valence-corrected chi connectivity index (χ3v) is 4.48. The molecule has 2 bridgehead atoms. The standard InChI is InChI=1S/C14H12O2/c1-2-4-9-8(3-1)7-5-10(9)12-11(6-7)15-14-13(12)16-14/h1-4,7,10,13-14H,5-6H2/t7-,10-,13-,14-/m1/s1. The largest absolute Gasteiger partial charge is 0.466 e. The number of allylic oxidation sites excluding steroid dienone is 1. The van der Waals surface area contributed by atoms with Crippen molar-refractivity contribution in [3.63, 3.8) is 0 Å². The molecule has 2 nitrogen and oxygen atoms in total. The molecule has 0 N–H and O–H groups in total. The molecule has 0 aromatic heterocycles. The summed E-state index contributed by atoms with van der Waals surface area (Å²) in [5, 5.41) is 0. The van der Waals surface area contributed by atoms with Crippen LogP contribution in [0, 0.1) is 0 Å². The van der Waals surface area contributed by atoms with Gasteiger partial charge >= 0.3 is 0 Å².